The minimum absolute atomic E-state index is 0.329. The van der Waals surface area contributed by atoms with E-state index in [9.17, 15) is 4.79 Å². The second-order valence-electron chi connectivity index (χ2n) is 4.14. The fourth-order valence-corrected chi connectivity index (χ4v) is 2.54. The molecule has 0 amide bonds. The normalized spacial score (nSPS) is 10.6. The topological polar surface area (TPSA) is 83.0 Å². The predicted octanol–water partition coefficient (Wildman–Crippen LogP) is 1.35. The number of esters is 1. The molecule has 0 saturated heterocycles. The standard InChI is InChI=1S/C13H16N4O2S/c1-17-11(7-14)15-16-13(17)20-8-9-3-5-10(6-4-9)12(18)19-2/h3-6H,7-8,14H2,1-2H3. The number of aromatic nitrogens is 3. The van der Waals surface area contributed by atoms with E-state index in [-0.39, 0.29) is 5.97 Å². The maximum Gasteiger partial charge on any atom is 0.337 e. The van der Waals surface area contributed by atoms with Gasteiger partial charge in [0.15, 0.2) is 5.16 Å². The van der Waals surface area contributed by atoms with Crippen LogP contribution in [0.15, 0.2) is 29.4 Å². The average Bonchev–Trinajstić information content (AvgIpc) is 2.85. The van der Waals surface area contributed by atoms with Crippen LogP contribution in [0.2, 0.25) is 0 Å². The second kappa shape index (κ2) is 6.53. The Morgan fingerprint density at radius 1 is 1.35 bits per heavy atom. The molecule has 0 atom stereocenters. The first-order valence-corrected chi connectivity index (χ1v) is 7.02. The molecule has 0 aliphatic carbocycles. The molecule has 20 heavy (non-hydrogen) atoms. The molecule has 0 aliphatic rings. The van der Waals surface area contributed by atoms with Gasteiger partial charge in [0.05, 0.1) is 19.2 Å². The number of benzene rings is 1. The Hall–Kier alpha value is -1.86. The summed E-state index contributed by atoms with van der Waals surface area (Å²) in [6, 6.07) is 7.31. The van der Waals surface area contributed by atoms with Gasteiger partial charge in [-0.15, -0.1) is 10.2 Å². The first-order chi connectivity index (χ1) is 9.65. The Morgan fingerprint density at radius 2 is 2.05 bits per heavy atom. The first kappa shape index (κ1) is 14.5. The molecule has 0 bridgehead atoms. The summed E-state index contributed by atoms with van der Waals surface area (Å²) in [4.78, 5) is 11.3. The van der Waals surface area contributed by atoms with Crippen molar-refractivity contribution in [3.63, 3.8) is 0 Å². The lowest BCUT2D eigenvalue weighted by atomic mass is 10.1. The van der Waals surface area contributed by atoms with Crippen molar-refractivity contribution in [2.45, 2.75) is 17.5 Å². The van der Waals surface area contributed by atoms with Gasteiger partial charge in [0.2, 0.25) is 0 Å². The van der Waals surface area contributed by atoms with Gasteiger partial charge in [0.25, 0.3) is 0 Å². The number of ether oxygens (including phenoxy) is 1. The third-order valence-corrected chi connectivity index (χ3v) is 3.94. The SMILES string of the molecule is COC(=O)c1ccc(CSc2nnc(CN)n2C)cc1. The summed E-state index contributed by atoms with van der Waals surface area (Å²) in [5.74, 6) is 1.18. The van der Waals surface area contributed by atoms with Crippen LogP contribution >= 0.6 is 11.8 Å². The van der Waals surface area contributed by atoms with E-state index in [0.717, 1.165) is 22.3 Å². The number of carbonyl (C=O) groups is 1. The summed E-state index contributed by atoms with van der Waals surface area (Å²) in [6.45, 7) is 0.373. The van der Waals surface area contributed by atoms with Gasteiger partial charge in [-0.1, -0.05) is 23.9 Å². The Bertz CT molecular complexity index is 595. The highest BCUT2D eigenvalue weighted by Crippen LogP contribution is 2.21. The molecular formula is C13H16N4O2S. The Morgan fingerprint density at radius 3 is 2.60 bits per heavy atom. The number of thioether (sulfide) groups is 1. The average molecular weight is 292 g/mol. The predicted molar refractivity (Wildman–Crippen MR) is 76.2 cm³/mol. The fraction of sp³-hybridized carbons (Fsp3) is 0.308. The fourth-order valence-electron chi connectivity index (χ4n) is 1.65. The number of hydrogen-bond acceptors (Lipinski definition) is 6. The van der Waals surface area contributed by atoms with Crippen LogP contribution in [0.4, 0.5) is 0 Å². The first-order valence-electron chi connectivity index (χ1n) is 6.04. The van der Waals surface area contributed by atoms with E-state index in [4.69, 9.17) is 5.73 Å². The monoisotopic (exact) mass is 292 g/mol. The van der Waals surface area contributed by atoms with Crippen molar-refractivity contribution in [3.05, 3.63) is 41.2 Å². The molecule has 2 rings (SSSR count). The second-order valence-corrected chi connectivity index (χ2v) is 5.08. The van der Waals surface area contributed by atoms with Crippen LogP contribution in [0.25, 0.3) is 0 Å². The number of hydrogen-bond donors (Lipinski definition) is 1. The zero-order valence-corrected chi connectivity index (χ0v) is 12.2. The van der Waals surface area contributed by atoms with Crippen LogP contribution in [0.1, 0.15) is 21.7 Å². The van der Waals surface area contributed by atoms with Crippen molar-refractivity contribution in [3.8, 4) is 0 Å². The number of nitrogens with two attached hydrogens (primary N) is 1. The molecule has 0 saturated carbocycles. The molecule has 0 fully saturated rings. The molecule has 0 aliphatic heterocycles. The minimum Gasteiger partial charge on any atom is -0.465 e. The summed E-state index contributed by atoms with van der Waals surface area (Å²) in [5, 5.41) is 8.91. The van der Waals surface area contributed by atoms with Crippen LogP contribution in [-0.2, 0) is 24.1 Å². The summed E-state index contributed by atoms with van der Waals surface area (Å²) in [6.07, 6.45) is 0. The molecule has 0 unspecified atom stereocenters. The number of methoxy groups -OCH3 is 1. The van der Waals surface area contributed by atoms with E-state index >= 15 is 0 Å². The van der Waals surface area contributed by atoms with Gasteiger partial charge in [0, 0.05) is 12.8 Å². The molecular weight excluding hydrogens is 276 g/mol. The summed E-state index contributed by atoms with van der Waals surface area (Å²) in [5.41, 5.74) is 7.20. The van der Waals surface area contributed by atoms with E-state index in [1.165, 1.54) is 7.11 Å². The zero-order chi connectivity index (χ0) is 14.5. The lowest BCUT2D eigenvalue weighted by molar-refractivity contribution is 0.0600. The van der Waals surface area contributed by atoms with Crippen LogP contribution in [-0.4, -0.2) is 27.8 Å². The lowest BCUT2D eigenvalue weighted by Gasteiger charge is -2.04. The van der Waals surface area contributed by atoms with Gasteiger partial charge in [-0.3, -0.25) is 0 Å². The maximum atomic E-state index is 11.3. The highest BCUT2D eigenvalue weighted by Gasteiger charge is 2.08. The van der Waals surface area contributed by atoms with Crippen molar-refractivity contribution in [1.29, 1.82) is 0 Å². The van der Waals surface area contributed by atoms with Gasteiger partial charge >= 0.3 is 5.97 Å². The molecule has 1 heterocycles. The Balaban J connectivity index is 2.00. The number of nitrogens with zero attached hydrogens (tertiary/aromatic N) is 3. The van der Waals surface area contributed by atoms with E-state index in [0.29, 0.717) is 12.1 Å². The van der Waals surface area contributed by atoms with E-state index in [2.05, 4.69) is 14.9 Å². The van der Waals surface area contributed by atoms with Gasteiger partial charge in [-0.25, -0.2) is 4.79 Å². The highest BCUT2D eigenvalue weighted by molar-refractivity contribution is 7.98. The van der Waals surface area contributed by atoms with Gasteiger partial charge < -0.3 is 15.0 Å². The van der Waals surface area contributed by atoms with E-state index in [1.807, 2.05) is 23.7 Å². The quantitative estimate of drug-likeness (QED) is 0.661. The Kier molecular flexibility index (Phi) is 4.75. The van der Waals surface area contributed by atoms with Crippen LogP contribution in [0.5, 0.6) is 0 Å². The molecule has 0 spiro atoms. The summed E-state index contributed by atoms with van der Waals surface area (Å²) >= 11 is 1.57. The summed E-state index contributed by atoms with van der Waals surface area (Å²) < 4.78 is 6.54. The smallest absolute Gasteiger partial charge is 0.337 e. The van der Waals surface area contributed by atoms with Crippen LogP contribution < -0.4 is 5.73 Å². The molecule has 1 aromatic carbocycles. The minimum atomic E-state index is -0.329. The van der Waals surface area contributed by atoms with Gasteiger partial charge in [0.1, 0.15) is 5.82 Å². The molecule has 106 valence electrons. The molecule has 0 radical (unpaired) electrons. The van der Waals surface area contributed by atoms with Crippen LogP contribution in [0.3, 0.4) is 0 Å². The lowest BCUT2D eigenvalue weighted by Crippen LogP contribution is -2.05. The molecule has 2 N–H and O–H groups in total. The molecule has 1 aromatic heterocycles. The third kappa shape index (κ3) is 3.17. The van der Waals surface area contributed by atoms with Crippen molar-refractivity contribution >= 4 is 17.7 Å². The van der Waals surface area contributed by atoms with E-state index in [1.54, 1.807) is 23.9 Å². The molecule has 7 heteroatoms. The number of carbonyl (C=O) groups excluding carboxylic acids is 1. The Labute approximate surface area is 121 Å². The number of rotatable bonds is 5. The molecule has 2 aromatic rings. The van der Waals surface area contributed by atoms with Gasteiger partial charge in [-0.2, -0.15) is 0 Å². The summed E-state index contributed by atoms with van der Waals surface area (Å²) in [7, 11) is 3.26. The van der Waals surface area contributed by atoms with Crippen molar-refractivity contribution in [1.82, 2.24) is 14.8 Å². The van der Waals surface area contributed by atoms with Gasteiger partial charge in [-0.05, 0) is 17.7 Å². The maximum absolute atomic E-state index is 11.3. The van der Waals surface area contributed by atoms with Crippen molar-refractivity contribution in [2.75, 3.05) is 7.11 Å². The third-order valence-electron chi connectivity index (χ3n) is 2.85. The van der Waals surface area contributed by atoms with Crippen molar-refractivity contribution in [2.24, 2.45) is 12.8 Å². The molecule has 6 nitrogen and oxygen atoms in total. The van der Waals surface area contributed by atoms with E-state index < -0.39 is 0 Å². The van der Waals surface area contributed by atoms with Crippen molar-refractivity contribution < 1.29 is 9.53 Å². The highest BCUT2D eigenvalue weighted by atomic mass is 32.2. The largest absolute Gasteiger partial charge is 0.465 e. The zero-order valence-electron chi connectivity index (χ0n) is 11.4. The van der Waals surface area contributed by atoms with Crippen LogP contribution in [0, 0.1) is 0 Å².